The van der Waals surface area contributed by atoms with Gasteiger partial charge in [-0.15, -0.1) is 0 Å². The van der Waals surface area contributed by atoms with Crippen molar-refractivity contribution in [1.29, 1.82) is 0 Å². The van der Waals surface area contributed by atoms with Crippen molar-refractivity contribution < 1.29 is 13.2 Å². The Balaban J connectivity index is 2.64. The maximum absolute atomic E-state index is 12.6. The Morgan fingerprint density at radius 2 is 2.05 bits per heavy atom. The summed E-state index contributed by atoms with van der Waals surface area (Å²) in [5.74, 6) is -0.116. The van der Waals surface area contributed by atoms with Crippen LogP contribution in [0.1, 0.15) is 11.3 Å². The molecule has 2 N–H and O–H groups in total. The molecule has 19 heavy (non-hydrogen) atoms. The first kappa shape index (κ1) is 13.8. The van der Waals surface area contributed by atoms with E-state index in [0.717, 1.165) is 16.8 Å². The number of thiocarbonyl (C=S) groups is 1. The topological polar surface area (TPSA) is 56.7 Å². The second kappa shape index (κ2) is 4.78. The van der Waals surface area contributed by atoms with Crippen molar-refractivity contribution in [2.24, 2.45) is 5.73 Å². The number of halogens is 4. The van der Waals surface area contributed by atoms with Gasteiger partial charge >= 0.3 is 6.18 Å². The molecule has 0 saturated heterocycles. The summed E-state index contributed by atoms with van der Waals surface area (Å²) < 4.78 is 39.0. The van der Waals surface area contributed by atoms with Gasteiger partial charge in [0.15, 0.2) is 5.82 Å². The van der Waals surface area contributed by atoms with Crippen molar-refractivity contribution in [1.82, 2.24) is 14.8 Å². The Morgan fingerprint density at radius 1 is 1.37 bits per heavy atom. The first-order chi connectivity index (χ1) is 8.79. The summed E-state index contributed by atoms with van der Waals surface area (Å²) in [6.45, 7) is 0. The van der Waals surface area contributed by atoms with Crippen molar-refractivity contribution >= 4 is 28.8 Å². The molecule has 0 amide bonds. The number of nitrogens with two attached hydrogens (primary N) is 1. The maximum Gasteiger partial charge on any atom is 0.433 e. The highest BCUT2D eigenvalue weighted by atomic mass is 35.5. The molecule has 9 heteroatoms. The van der Waals surface area contributed by atoms with Crippen LogP contribution in [-0.4, -0.2) is 19.8 Å². The molecule has 0 aliphatic carbocycles. The van der Waals surface area contributed by atoms with Crippen LogP contribution in [0.4, 0.5) is 13.2 Å². The van der Waals surface area contributed by atoms with E-state index in [-0.39, 0.29) is 21.4 Å². The van der Waals surface area contributed by atoms with E-state index in [0.29, 0.717) is 0 Å². The van der Waals surface area contributed by atoms with Crippen LogP contribution in [0, 0.1) is 0 Å². The largest absolute Gasteiger partial charge is 0.433 e. The van der Waals surface area contributed by atoms with Crippen LogP contribution >= 0.6 is 23.8 Å². The predicted molar refractivity (Wildman–Crippen MR) is 67.3 cm³/mol. The van der Waals surface area contributed by atoms with E-state index in [9.17, 15) is 13.2 Å². The Hall–Kier alpha value is -1.67. The maximum atomic E-state index is 12.6. The molecule has 0 atom stereocenters. The van der Waals surface area contributed by atoms with E-state index in [1.54, 1.807) is 0 Å². The quantitative estimate of drug-likeness (QED) is 0.866. The number of nitrogens with zero attached hydrogens (tertiary/aromatic N) is 3. The summed E-state index contributed by atoms with van der Waals surface area (Å²) in [4.78, 5) is 3.42. The molecule has 2 heterocycles. The predicted octanol–water partition coefficient (Wildman–Crippen LogP) is 2.57. The molecule has 100 valence electrons. The Kier molecular flexibility index (Phi) is 3.46. The lowest BCUT2D eigenvalue weighted by atomic mass is 10.2. The number of rotatable bonds is 2. The van der Waals surface area contributed by atoms with Gasteiger partial charge in [0.1, 0.15) is 10.7 Å². The standard InChI is InChI=1S/C10H6ClF3N4S/c11-5-3-16-18(4-5)9-6(8(15)19)1-2-7(17-9)10(12,13)14/h1-4H,(H2,15,19). The fourth-order valence-corrected chi connectivity index (χ4v) is 1.69. The van der Waals surface area contributed by atoms with Gasteiger partial charge in [-0.3, -0.25) is 0 Å². The lowest BCUT2D eigenvalue weighted by Crippen LogP contribution is -2.18. The fourth-order valence-electron chi connectivity index (χ4n) is 1.39. The minimum atomic E-state index is -4.57. The minimum absolute atomic E-state index is 0.0807. The first-order valence-electron chi connectivity index (χ1n) is 4.87. The van der Waals surface area contributed by atoms with Gasteiger partial charge < -0.3 is 5.73 Å². The van der Waals surface area contributed by atoms with E-state index in [1.165, 1.54) is 12.4 Å². The minimum Gasteiger partial charge on any atom is -0.389 e. The molecular formula is C10H6ClF3N4S. The number of alkyl halides is 3. The highest BCUT2D eigenvalue weighted by molar-refractivity contribution is 7.80. The van der Waals surface area contributed by atoms with Crippen LogP contribution in [0.2, 0.25) is 5.02 Å². The number of hydrogen-bond acceptors (Lipinski definition) is 3. The molecule has 2 aromatic heterocycles. The zero-order valence-corrected chi connectivity index (χ0v) is 10.7. The van der Waals surface area contributed by atoms with E-state index in [4.69, 9.17) is 29.6 Å². The third-order valence-corrected chi connectivity index (χ3v) is 2.61. The number of hydrogen-bond donors (Lipinski definition) is 1. The number of pyridine rings is 1. The van der Waals surface area contributed by atoms with Crippen molar-refractivity contribution in [2.75, 3.05) is 0 Å². The molecule has 2 aromatic rings. The van der Waals surface area contributed by atoms with Gasteiger partial charge in [-0.05, 0) is 12.1 Å². The molecule has 2 rings (SSSR count). The summed E-state index contributed by atoms with van der Waals surface area (Å²) in [6, 6.07) is 1.96. The Morgan fingerprint density at radius 3 is 2.53 bits per heavy atom. The zero-order chi connectivity index (χ0) is 14.2. The van der Waals surface area contributed by atoms with Gasteiger partial charge in [0.2, 0.25) is 0 Å². The average molecular weight is 307 g/mol. The van der Waals surface area contributed by atoms with Crippen molar-refractivity contribution in [2.45, 2.75) is 6.18 Å². The summed E-state index contributed by atoms with van der Waals surface area (Å²) in [5.41, 5.74) is 4.58. The Bertz CT molecular complexity index is 638. The number of aromatic nitrogens is 3. The molecular weight excluding hydrogens is 301 g/mol. The smallest absolute Gasteiger partial charge is 0.389 e. The molecule has 0 saturated carbocycles. The average Bonchev–Trinajstić information content (AvgIpc) is 2.73. The van der Waals surface area contributed by atoms with Gasteiger partial charge in [-0.2, -0.15) is 18.3 Å². The van der Waals surface area contributed by atoms with Crippen LogP contribution < -0.4 is 5.73 Å². The summed E-state index contributed by atoms with van der Waals surface area (Å²) in [6.07, 6.45) is -1.99. The molecule has 0 spiro atoms. The second-order valence-corrected chi connectivity index (χ2v) is 4.41. The summed E-state index contributed by atoms with van der Waals surface area (Å²) in [7, 11) is 0. The molecule has 0 aliphatic rings. The van der Waals surface area contributed by atoms with Crippen molar-refractivity contribution in [3.05, 3.63) is 40.8 Å². The van der Waals surface area contributed by atoms with Gasteiger partial charge in [0, 0.05) is 0 Å². The zero-order valence-electron chi connectivity index (χ0n) is 9.15. The van der Waals surface area contributed by atoms with Crippen LogP contribution in [0.15, 0.2) is 24.5 Å². The van der Waals surface area contributed by atoms with E-state index in [2.05, 4.69) is 10.1 Å². The van der Waals surface area contributed by atoms with Gasteiger partial charge in [0.25, 0.3) is 0 Å². The van der Waals surface area contributed by atoms with E-state index in [1.807, 2.05) is 0 Å². The normalized spacial score (nSPS) is 11.6. The summed E-state index contributed by atoms with van der Waals surface area (Å²) in [5, 5.41) is 4.05. The molecule has 0 aliphatic heterocycles. The van der Waals surface area contributed by atoms with E-state index < -0.39 is 11.9 Å². The molecule has 4 nitrogen and oxygen atoms in total. The lowest BCUT2D eigenvalue weighted by Gasteiger charge is -2.11. The first-order valence-corrected chi connectivity index (χ1v) is 5.66. The molecule has 0 unspecified atom stereocenters. The molecule has 0 bridgehead atoms. The molecule has 0 radical (unpaired) electrons. The monoisotopic (exact) mass is 306 g/mol. The van der Waals surface area contributed by atoms with Crippen LogP contribution in [0.25, 0.3) is 5.82 Å². The van der Waals surface area contributed by atoms with Crippen LogP contribution in [0.3, 0.4) is 0 Å². The van der Waals surface area contributed by atoms with Gasteiger partial charge in [-0.1, -0.05) is 23.8 Å². The molecule has 0 fully saturated rings. The molecule has 0 aromatic carbocycles. The van der Waals surface area contributed by atoms with Crippen LogP contribution in [0.5, 0.6) is 0 Å². The van der Waals surface area contributed by atoms with E-state index >= 15 is 0 Å². The summed E-state index contributed by atoms with van der Waals surface area (Å²) >= 11 is 10.4. The fraction of sp³-hybridized carbons (Fsp3) is 0.100. The van der Waals surface area contributed by atoms with Crippen LogP contribution in [-0.2, 0) is 6.18 Å². The SMILES string of the molecule is NC(=S)c1ccc(C(F)(F)F)nc1-n1cc(Cl)cn1. The Labute approximate surface area is 116 Å². The van der Waals surface area contributed by atoms with Gasteiger partial charge in [0.05, 0.1) is 23.0 Å². The highest BCUT2D eigenvalue weighted by Crippen LogP contribution is 2.29. The van der Waals surface area contributed by atoms with Gasteiger partial charge in [-0.25, -0.2) is 9.67 Å². The third-order valence-electron chi connectivity index (χ3n) is 2.20. The highest BCUT2D eigenvalue weighted by Gasteiger charge is 2.33. The lowest BCUT2D eigenvalue weighted by molar-refractivity contribution is -0.141. The van der Waals surface area contributed by atoms with Crippen molar-refractivity contribution in [3.8, 4) is 5.82 Å². The third kappa shape index (κ3) is 2.85. The van der Waals surface area contributed by atoms with Crippen molar-refractivity contribution in [3.63, 3.8) is 0 Å². The second-order valence-electron chi connectivity index (χ2n) is 3.53.